The molecule has 3 aliphatic rings. The number of aromatic nitrogens is 1. The molecule has 1 aromatic heterocycles. The largest absolute Gasteiger partial charge is 0.501 e. The van der Waals surface area contributed by atoms with E-state index in [9.17, 15) is 4.79 Å². The third-order valence-electron chi connectivity index (χ3n) is 4.53. The first-order chi connectivity index (χ1) is 12.5. The first-order valence-electron chi connectivity index (χ1n) is 9.41. The Morgan fingerprint density at radius 3 is 2.31 bits per heavy atom. The second-order valence-corrected chi connectivity index (χ2v) is 9.83. The molecule has 26 heavy (non-hydrogen) atoms. The number of nitrogens with one attached hydrogen (secondary N) is 1. The lowest BCUT2D eigenvalue weighted by atomic mass is 10.2. The van der Waals surface area contributed by atoms with Crippen LogP contribution in [0.25, 0.3) is 0 Å². The molecule has 1 N–H and O–H groups in total. The zero-order chi connectivity index (χ0) is 18.6. The highest BCUT2D eigenvalue weighted by Crippen LogP contribution is 2.28. The van der Waals surface area contributed by atoms with Gasteiger partial charge in [0.1, 0.15) is 5.69 Å². The van der Waals surface area contributed by atoms with Crippen LogP contribution in [-0.4, -0.2) is 69.1 Å². The van der Waals surface area contributed by atoms with E-state index in [1.54, 1.807) is 24.4 Å². The first-order valence-corrected chi connectivity index (χ1v) is 11.3. The average molecular weight is 380 g/mol. The average Bonchev–Trinajstić information content (AvgIpc) is 2.56. The van der Waals surface area contributed by atoms with E-state index < -0.39 is 8.80 Å². The summed E-state index contributed by atoms with van der Waals surface area (Å²) in [6.07, 6.45) is 2.63. The van der Waals surface area contributed by atoms with E-state index in [-0.39, 0.29) is 24.2 Å². The minimum Gasteiger partial charge on any atom is -0.369 e. The summed E-state index contributed by atoms with van der Waals surface area (Å²) < 4.78 is 18.9. The lowest BCUT2D eigenvalue weighted by Gasteiger charge is -2.45. The van der Waals surface area contributed by atoms with E-state index in [1.807, 2.05) is 0 Å². The molecule has 3 aliphatic heterocycles. The molecule has 3 fully saturated rings. The van der Waals surface area contributed by atoms with Gasteiger partial charge in [-0.3, -0.25) is 14.7 Å². The molecule has 3 saturated heterocycles. The predicted molar refractivity (Wildman–Crippen MR) is 99.8 cm³/mol. The molecule has 1 aromatic rings. The second-order valence-electron chi connectivity index (χ2n) is 7.26. The van der Waals surface area contributed by atoms with Crippen molar-refractivity contribution in [2.24, 2.45) is 0 Å². The Balaban J connectivity index is 1.57. The van der Waals surface area contributed by atoms with Gasteiger partial charge >= 0.3 is 8.80 Å². The van der Waals surface area contributed by atoms with Gasteiger partial charge in [0.15, 0.2) is 0 Å². The number of carbonyl (C=O) groups is 1. The summed E-state index contributed by atoms with van der Waals surface area (Å²) in [4.78, 5) is 18.5. The highest BCUT2D eigenvalue weighted by atomic mass is 28.4. The monoisotopic (exact) mass is 379 g/mol. The zero-order valence-corrected chi connectivity index (χ0v) is 16.8. The summed E-state index contributed by atoms with van der Waals surface area (Å²) in [5.41, 5.74) is 0.430. The lowest BCUT2D eigenvalue weighted by Crippen LogP contribution is -2.61. The summed E-state index contributed by atoms with van der Waals surface area (Å²) >= 11 is 0. The lowest BCUT2D eigenvalue weighted by molar-refractivity contribution is -0.0790. The van der Waals surface area contributed by atoms with Crippen molar-refractivity contribution in [3.8, 4) is 0 Å². The molecule has 1 amide bonds. The van der Waals surface area contributed by atoms with Gasteiger partial charge in [0.25, 0.3) is 5.91 Å². The highest BCUT2D eigenvalue weighted by molar-refractivity contribution is 6.60. The van der Waals surface area contributed by atoms with Crippen molar-refractivity contribution in [3.63, 3.8) is 0 Å². The Labute approximate surface area is 156 Å². The Morgan fingerprint density at radius 1 is 1.15 bits per heavy atom. The number of rotatable bonds is 5. The topological polar surface area (TPSA) is 72.9 Å². The maximum atomic E-state index is 12.1. The molecular formula is C18H29N3O4Si. The quantitative estimate of drug-likeness (QED) is 0.620. The van der Waals surface area contributed by atoms with Crippen LogP contribution in [-0.2, 0) is 13.3 Å². The van der Waals surface area contributed by atoms with Crippen molar-refractivity contribution in [2.45, 2.75) is 51.5 Å². The smallest absolute Gasteiger partial charge is 0.369 e. The zero-order valence-electron chi connectivity index (χ0n) is 15.8. The van der Waals surface area contributed by atoms with Gasteiger partial charge in [-0.05, 0) is 39.3 Å². The summed E-state index contributed by atoms with van der Waals surface area (Å²) in [5, 5.41) is 2.92. The second kappa shape index (κ2) is 8.58. The van der Waals surface area contributed by atoms with Crippen molar-refractivity contribution in [2.75, 3.05) is 26.2 Å². The Kier molecular flexibility index (Phi) is 6.41. The molecule has 3 atom stereocenters. The molecule has 0 saturated carbocycles. The number of fused-ring (bicyclic) bond motifs is 6. The fourth-order valence-corrected chi connectivity index (χ4v) is 6.89. The van der Waals surface area contributed by atoms with Gasteiger partial charge in [-0.25, -0.2) is 0 Å². The highest BCUT2D eigenvalue weighted by Gasteiger charge is 2.48. The Bertz CT molecular complexity index is 567. The van der Waals surface area contributed by atoms with Crippen molar-refractivity contribution in [1.82, 2.24) is 15.2 Å². The first kappa shape index (κ1) is 19.4. The molecule has 8 heteroatoms. The normalized spacial score (nSPS) is 34.6. The number of carbonyl (C=O) groups excluding carboxylic acids is 1. The van der Waals surface area contributed by atoms with Gasteiger partial charge < -0.3 is 18.6 Å². The van der Waals surface area contributed by atoms with Gasteiger partial charge in [-0.2, -0.15) is 0 Å². The van der Waals surface area contributed by atoms with Crippen molar-refractivity contribution in [1.29, 1.82) is 0 Å². The van der Waals surface area contributed by atoms with E-state index in [0.29, 0.717) is 18.3 Å². The van der Waals surface area contributed by atoms with E-state index in [4.69, 9.17) is 13.3 Å². The van der Waals surface area contributed by atoms with Crippen LogP contribution in [0, 0.1) is 0 Å². The molecule has 4 heterocycles. The fourth-order valence-electron chi connectivity index (χ4n) is 3.70. The Morgan fingerprint density at radius 2 is 1.77 bits per heavy atom. The predicted octanol–water partition coefficient (Wildman–Crippen LogP) is 1.68. The molecular weight excluding hydrogens is 350 g/mol. The van der Waals surface area contributed by atoms with Gasteiger partial charge in [0.2, 0.25) is 0 Å². The number of pyridine rings is 1. The van der Waals surface area contributed by atoms with Gasteiger partial charge in [-0.15, -0.1) is 0 Å². The summed E-state index contributed by atoms with van der Waals surface area (Å²) in [5.74, 6) is -0.159. The third-order valence-corrected chi connectivity index (χ3v) is 7.78. The molecule has 144 valence electrons. The molecule has 0 spiro atoms. The Hall–Kier alpha value is -1.32. The van der Waals surface area contributed by atoms with Crippen LogP contribution in [0.5, 0.6) is 0 Å². The van der Waals surface area contributed by atoms with E-state index in [0.717, 1.165) is 26.1 Å². The molecule has 3 unspecified atom stereocenters. The molecule has 0 aromatic carbocycles. The van der Waals surface area contributed by atoms with Gasteiger partial charge in [-0.1, -0.05) is 6.07 Å². The van der Waals surface area contributed by atoms with Crippen LogP contribution in [0.15, 0.2) is 24.4 Å². The van der Waals surface area contributed by atoms with E-state index >= 15 is 0 Å². The van der Waals surface area contributed by atoms with Crippen molar-refractivity contribution < 1.29 is 18.1 Å². The van der Waals surface area contributed by atoms with Crippen LogP contribution in [0.4, 0.5) is 0 Å². The maximum Gasteiger partial charge on any atom is 0.501 e. The van der Waals surface area contributed by atoms with Crippen molar-refractivity contribution >= 4 is 14.7 Å². The van der Waals surface area contributed by atoms with Crippen LogP contribution in [0.2, 0.25) is 6.04 Å². The third kappa shape index (κ3) is 5.11. The molecule has 0 radical (unpaired) electrons. The molecule has 4 rings (SSSR count). The van der Waals surface area contributed by atoms with Gasteiger partial charge in [0, 0.05) is 38.4 Å². The minimum absolute atomic E-state index is 0.0878. The SMILES string of the molecule is CC1CN2CC(C)O[Si](CCCNC(=O)c3ccccn3)(O1)OC(C)C2. The summed E-state index contributed by atoms with van der Waals surface area (Å²) in [6.45, 7) is 9.51. The fraction of sp³-hybridized carbons (Fsp3) is 0.667. The summed E-state index contributed by atoms with van der Waals surface area (Å²) in [6, 6.07) is 6.01. The molecule has 0 aliphatic carbocycles. The van der Waals surface area contributed by atoms with Crippen LogP contribution in [0.1, 0.15) is 37.7 Å². The summed E-state index contributed by atoms with van der Waals surface area (Å²) in [7, 11) is -2.76. The minimum atomic E-state index is -2.76. The van der Waals surface area contributed by atoms with Crippen LogP contribution >= 0.6 is 0 Å². The van der Waals surface area contributed by atoms with Gasteiger partial charge in [0.05, 0.1) is 18.3 Å². The number of nitrogens with zero attached hydrogens (tertiary/aromatic N) is 2. The standard InChI is InChI=1S/C18H29N3O4Si/c1-14-11-21-12-15(2)24-26(23-14,25-16(3)13-21)10-6-9-20-18(22)17-7-4-5-8-19-17/h4-5,7-8,14-16H,6,9-13H2,1-3H3,(H,20,22). The number of hydrogen-bond donors (Lipinski definition) is 1. The maximum absolute atomic E-state index is 12.1. The van der Waals surface area contributed by atoms with Crippen LogP contribution < -0.4 is 5.32 Å². The molecule has 7 nitrogen and oxygen atoms in total. The van der Waals surface area contributed by atoms with Crippen molar-refractivity contribution in [3.05, 3.63) is 30.1 Å². The van der Waals surface area contributed by atoms with E-state index in [2.05, 4.69) is 36.0 Å². The number of hydrogen-bond acceptors (Lipinski definition) is 6. The van der Waals surface area contributed by atoms with Crippen LogP contribution in [0.3, 0.4) is 0 Å². The molecule has 2 bridgehead atoms. The number of amides is 1. The van der Waals surface area contributed by atoms with E-state index in [1.165, 1.54) is 0 Å².